The molecule has 0 saturated heterocycles. The third-order valence-electron chi connectivity index (χ3n) is 1.76. The van der Waals surface area contributed by atoms with E-state index in [-0.39, 0.29) is 0 Å². The molecule has 5 nitrogen and oxygen atoms in total. The molecule has 5 heteroatoms. The summed E-state index contributed by atoms with van der Waals surface area (Å²) in [6.07, 6.45) is 1.70. The molecule has 0 amide bonds. The Labute approximate surface area is 83.3 Å². The van der Waals surface area contributed by atoms with Crippen molar-refractivity contribution in [2.45, 2.75) is 12.8 Å². The number of aryl methyl sites for hydroxylation is 1. The Bertz CT molecular complexity index is 269. The molecule has 14 heavy (non-hydrogen) atoms. The van der Waals surface area contributed by atoms with Gasteiger partial charge in [-0.1, -0.05) is 0 Å². The van der Waals surface area contributed by atoms with Gasteiger partial charge in [-0.25, -0.2) is 4.98 Å². The molecule has 0 aliphatic heterocycles. The lowest BCUT2D eigenvalue weighted by atomic mass is 10.2. The number of nitrogens with two attached hydrogens (primary N) is 1. The predicted molar refractivity (Wildman–Crippen MR) is 52.5 cm³/mol. The van der Waals surface area contributed by atoms with Gasteiger partial charge in [0, 0.05) is 6.07 Å². The maximum atomic E-state index is 5.41. The van der Waals surface area contributed by atoms with Crippen LogP contribution < -0.4 is 15.2 Å². The van der Waals surface area contributed by atoms with Gasteiger partial charge in [-0.15, -0.1) is 0 Å². The molecule has 2 N–H and O–H groups in total. The molecule has 0 fully saturated rings. The van der Waals surface area contributed by atoms with E-state index in [0.717, 1.165) is 18.5 Å². The van der Waals surface area contributed by atoms with E-state index < -0.39 is 0 Å². The fourth-order valence-electron chi connectivity index (χ4n) is 1.06. The molecular weight excluding hydrogens is 182 g/mol. The molecule has 0 aliphatic carbocycles. The van der Waals surface area contributed by atoms with Gasteiger partial charge in [-0.2, -0.15) is 4.98 Å². The topological polar surface area (TPSA) is 70.3 Å². The van der Waals surface area contributed by atoms with E-state index in [4.69, 9.17) is 15.2 Å². The zero-order valence-corrected chi connectivity index (χ0v) is 8.49. The van der Waals surface area contributed by atoms with Crippen LogP contribution in [0, 0.1) is 0 Å². The van der Waals surface area contributed by atoms with E-state index in [0.29, 0.717) is 18.4 Å². The Hall–Kier alpha value is -1.36. The highest BCUT2D eigenvalue weighted by Crippen LogP contribution is 2.14. The molecule has 0 radical (unpaired) electrons. The van der Waals surface area contributed by atoms with Gasteiger partial charge >= 0.3 is 6.01 Å². The zero-order chi connectivity index (χ0) is 10.4. The van der Waals surface area contributed by atoms with Gasteiger partial charge in [-0.3, -0.25) is 0 Å². The summed E-state index contributed by atoms with van der Waals surface area (Å²) in [5.74, 6) is 0.517. The summed E-state index contributed by atoms with van der Waals surface area (Å²) in [5.41, 5.74) is 6.30. The number of hydrogen-bond donors (Lipinski definition) is 1. The van der Waals surface area contributed by atoms with Gasteiger partial charge in [0.1, 0.15) is 0 Å². The average Bonchev–Trinajstić information content (AvgIpc) is 2.25. The smallest absolute Gasteiger partial charge is 0.319 e. The second-order valence-corrected chi connectivity index (χ2v) is 2.78. The van der Waals surface area contributed by atoms with Crippen molar-refractivity contribution >= 4 is 0 Å². The van der Waals surface area contributed by atoms with Crippen molar-refractivity contribution < 1.29 is 9.47 Å². The van der Waals surface area contributed by atoms with E-state index in [1.165, 1.54) is 7.11 Å². The van der Waals surface area contributed by atoms with Crippen LogP contribution >= 0.6 is 0 Å². The van der Waals surface area contributed by atoms with Crippen molar-refractivity contribution in [2.24, 2.45) is 5.73 Å². The molecular formula is C9H15N3O2. The van der Waals surface area contributed by atoms with Gasteiger partial charge in [0.2, 0.25) is 5.88 Å². The summed E-state index contributed by atoms with van der Waals surface area (Å²) < 4.78 is 9.96. The van der Waals surface area contributed by atoms with Gasteiger partial charge in [0.25, 0.3) is 0 Å². The van der Waals surface area contributed by atoms with E-state index in [9.17, 15) is 0 Å². The van der Waals surface area contributed by atoms with Crippen LogP contribution in [-0.2, 0) is 6.42 Å². The molecule has 1 rings (SSSR count). The van der Waals surface area contributed by atoms with E-state index in [2.05, 4.69) is 9.97 Å². The second kappa shape index (κ2) is 5.39. The minimum absolute atomic E-state index is 0.330. The quantitative estimate of drug-likeness (QED) is 0.739. The molecule has 1 aromatic rings. The van der Waals surface area contributed by atoms with Gasteiger partial charge < -0.3 is 15.2 Å². The molecule has 0 saturated carbocycles. The Morgan fingerprint density at radius 2 is 2.07 bits per heavy atom. The van der Waals surface area contributed by atoms with Crippen molar-refractivity contribution in [3.05, 3.63) is 11.8 Å². The molecule has 78 valence electrons. The molecule has 1 heterocycles. The summed E-state index contributed by atoms with van der Waals surface area (Å²) in [5, 5.41) is 0. The third kappa shape index (κ3) is 2.85. The number of nitrogens with zero attached hydrogens (tertiary/aromatic N) is 2. The fraction of sp³-hybridized carbons (Fsp3) is 0.556. The SMILES string of the molecule is COc1cc(CCCN)nc(OC)n1. The summed E-state index contributed by atoms with van der Waals surface area (Å²) in [4.78, 5) is 8.16. The maximum Gasteiger partial charge on any atom is 0.319 e. The monoisotopic (exact) mass is 197 g/mol. The van der Waals surface area contributed by atoms with Crippen LogP contribution in [0.15, 0.2) is 6.07 Å². The van der Waals surface area contributed by atoms with Crippen LogP contribution in [0.25, 0.3) is 0 Å². The standard InChI is InChI=1S/C9H15N3O2/c1-13-8-6-7(4-3-5-10)11-9(12-8)14-2/h6H,3-5,10H2,1-2H3. The Morgan fingerprint density at radius 1 is 1.29 bits per heavy atom. The third-order valence-corrected chi connectivity index (χ3v) is 1.76. The number of aromatic nitrogens is 2. The lowest BCUT2D eigenvalue weighted by molar-refractivity contribution is 0.350. The highest BCUT2D eigenvalue weighted by atomic mass is 16.5. The van der Waals surface area contributed by atoms with Crippen LogP contribution in [0.2, 0.25) is 0 Å². The lowest BCUT2D eigenvalue weighted by Crippen LogP contribution is -2.04. The van der Waals surface area contributed by atoms with E-state index in [1.807, 2.05) is 0 Å². The highest BCUT2D eigenvalue weighted by molar-refractivity contribution is 5.18. The van der Waals surface area contributed by atoms with Crippen LogP contribution in [0.1, 0.15) is 12.1 Å². The predicted octanol–water partition coefficient (Wildman–Crippen LogP) is 0.385. The minimum Gasteiger partial charge on any atom is -0.481 e. The summed E-state index contributed by atoms with van der Waals surface area (Å²) in [7, 11) is 3.09. The largest absolute Gasteiger partial charge is 0.481 e. The molecule has 1 aromatic heterocycles. The molecule has 0 atom stereocenters. The number of hydrogen-bond acceptors (Lipinski definition) is 5. The van der Waals surface area contributed by atoms with Gasteiger partial charge in [0.15, 0.2) is 0 Å². The zero-order valence-electron chi connectivity index (χ0n) is 8.49. The Balaban J connectivity index is 2.81. The molecule has 0 aliphatic rings. The normalized spacial score (nSPS) is 9.93. The molecule has 0 aromatic carbocycles. The Morgan fingerprint density at radius 3 is 2.64 bits per heavy atom. The molecule has 0 spiro atoms. The van der Waals surface area contributed by atoms with Crippen molar-refractivity contribution in [3.63, 3.8) is 0 Å². The minimum atomic E-state index is 0.330. The highest BCUT2D eigenvalue weighted by Gasteiger charge is 2.04. The van der Waals surface area contributed by atoms with Crippen molar-refractivity contribution in [2.75, 3.05) is 20.8 Å². The summed E-state index contributed by atoms with van der Waals surface area (Å²) >= 11 is 0. The van der Waals surface area contributed by atoms with Gasteiger partial charge in [-0.05, 0) is 19.4 Å². The maximum absolute atomic E-state index is 5.41. The second-order valence-electron chi connectivity index (χ2n) is 2.78. The number of methoxy groups -OCH3 is 2. The number of ether oxygens (including phenoxy) is 2. The van der Waals surface area contributed by atoms with E-state index >= 15 is 0 Å². The van der Waals surface area contributed by atoms with Crippen LogP contribution in [0.3, 0.4) is 0 Å². The summed E-state index contributed by atoms with van der Waals surface area (Å²) in [6.45, 7) is 0.647. The first-order valence-corrected chi connectivity index (χ1v) is 4.46. The van der Waals surface area contributed by atoms with Gasteiger partial charge in [0.05, 0.1) is 19.9 Å². The lowest BCUT2D eigenvalue weighted by Gasteiger charge is -2.05. The Kier molecular flexibility index (Phi) is 4.12. The summed E-state index contributed by atoms with van der Waals surface area (Å²) in [6, 6.07) is 2.12. The van der Waals surface area contributed by atoms with Crippen molar-refractivity contribution in [1.82, 2.24) is 9.97 Å². The fourth-order valence-corrected chi connectivity index (χ4v) is 1.06. The molecule has 0 bridgehead atoms. The number of rotatable bonds is 5. The first-order valence-electron chi connectivity index (χ1n) is 4.46. The van der Waals surface area contributed by atoms with Crippen LogP contribution in [0.4, 0.5) is 0 Å². The van der Waals surface area contributed by atoms with Crippen molar-refractivity contribution in [1.29, 1.82) is 0 Å². The van der Waals surface area contributed by atoms with Crippen LogP contribution in [-0.4, -0.2) is 30.7 Å². The average molecular weight is 197 g/mol. The van der Waals surface area contributed by atoms with E-state index in [1.54, 1.807) is 13.2 Å². The first kappa shape index (κ1) is 10.7. The molecule has 0 unspecified atom stereocenters. The van der Waals surface area contributed by atoms with Crippen LogP contribution in [0.5, 0.6) is 11.9 Å². The first-order chi connectivity index (χ1) is 6.80. The van der Waals surface area contributed by atoms with Crippen molar-refractivity contribution in [3.8, 4) is 11.9 Å².